The van der Waals surface area contributed by atoms with Crippen molar-refractivity contribution >= 4 is 52.3 Å². The van der Waals surface area contributed by atoms with Gasteiger partial charge in [-0.1, -0.05) is 62.4 Å². The van der Waals surface area contributed by atoms with Gasteiger partial charge in [-0.15, -0.1) is 0 Å². The number of para-hydroxylation sites is 1. The second kappa shape index (κ2) is 22.4. The summed E-state index contributed by atoms with van der Waals surface area (Å²) in [5.41, 5.74) is 25.8. The minimum Gasteiger partial charge on any atom is -0.370 e. The minimum absolute atomic E-state index is 0.0346. The van der Waals surface area contributed by atoms with Crippen LogP contribution in [0.25, 0.3) is 10.9 Å². The second-order valence-electron chi connectivity index (χ2n) is 15.1. The van der Waals surface area contributed by atoms with Crippen molar-refractivity contribution in [3.63, 3.8) is 0 Å². The molecule has 0 unspecified atom stereocenters. The Morgan fingerprint density at radius 3 is 2.00 bits per heavy atom. The molecule has 2 aromatic heterocycles. The first kappa shape index (κ1) is 45.9. The first-order valence-electron chi connectivity index (χ1n) is 19.8. The van der Waals surface area contributed by atoms with Crippen LogP contribution in [0, 0.1) is 5.92 Å². The number of fused-ring (bicyclic) bond motifs is 1. The van der Waals surface area contributed by atoms with Crippen molar-refractivity contribution in [1.29, 1.82) is 0 Å². The molecule has 0 aliphatic carbocycles. The average molecular weight is 828 g/mol. The van der Waals surface area contributed by atoms with Crippen molar-refractivity contribution in [2.24, 2.45) is 33.8 Å². The van der Waals surface area contributed by atoms with Crippen LogP contribution in [0.4, 0.5) is 0 Å². The summed E-state index contributed by atoms with van der Waals surface area (Å²) in [6.45, 7) is 5.31. The van der Waals surface area contributed by atoms with Crippen molar-refractivity contribution in [3.8, 4) is 0 Å². The first-order chi connectivity index (χ1) is 28.6. The van der Waals surface area contributed by atoms with E-state index in [1.54, 1.807) is 30.5 Å². The number of primary amides is 1. The molecule has 19 heteroatoms. The lowest BCUT2D eigenvalue weighted by Crippen LogP contribution is -2.59. The SMILES string of the molecule is CC(C)C[C@H](NC(=O)[C@H](C)NC(=O)[C@@H](N)Cc1cnc[nH]1)C(=O)N[C@@H](CCCN=C(N)N)C(=O)N[C@@H](Cc1ccccc1)C(=O)N[C@@H](Cc1c[nH]c2ccccc12)C(N)=O. The molecule has 6 atom stereocenters. The van der Waals surface area contributed by atoms with Gasteiger partial charge in [0.05, 0.1) is 12.4 Å². The molecule has 6 amide bonds. The minimum atomic E-state index is -1.22. The fraction of sp³-hybridized carbons (Fsp3) is 0.415. The van der Waals surface area contributed by atoms with E-state index < -0.39 is 71.7 Å². The van der Waals surface area contributed by atoms with Gasteiger partial charge in [0, 0.05) is 54.8 Å². The number of H-pyrrole nitrogens is 2. The van der Waals surface area contributed by atoms with Gasteiger partial charge in [0.15, 0.2) is 5.96 Å². The fourth-order valence-electron chi connectivity index (χ4n) is 6.50. The van der Waals surface area contributed by atoms with Crippen molar-refractivity contribution in [1.82, 2.24) is 41.5 Å². The van der Waals surface area contributed by atoms with Crippen molar-refractivity contribution in [2.75, 3.05) is 6.54 Å². The molecule has 19 nitrogen and oxygen atoms in total. The zero-order valence-corrected chi connectivity index (χ0v) is 34.1. The summed E-state index contributed by atoms with van der Waals surface area (Å²) in [6.07, 6.45) is 5.51. The molecular formula is C41H57N13O6. The predicted octanol–water partition coefficient (Wildman–Crippen LogP) is -0.725. The molecule has 2 heterocycles. The number of nitrogens with two attached hydrogens (primary N) is 4. The van der Waals surface area contributed by atoms with Crippen LogP contribution in [0.1, 0.15) is 56.9 Å². The molecule has 0 aliphatic heterocycles. The van der Waals surface area contributed by atoms with Crippen LogP contribution >= 0.6 is 0 Å². The number of hydrogen-bond acceptors (Lipinski definition) is 9. The van der Waals surface area contributed by atoms with Crippen LogP contribution in [-0.2, 0) is 48.0 Å². The number of guanidine groups is 1. The van der Waals surface area contributed by atoms with Crippen molar-refractivity contribution in [3.05, 3.63) is 90.1 Å². The molecule has 0 saturated heterocycles. The molecular weight excluding hydrogens is 771 g/mol. The van der Waals surface area contributed by atoms with Gasteiger partial charge in [0.25, 0.3) is 0 Å². The molecule has 0 radical (unpaired) electrons. The topological polar surface area (TPSA) is 323 Å². The van der Waals surface area contributed by atoms with Gasteiger partial charge in [-0.3, -0.25) is 33.8 Å². The van der Waals surface area contributed by atoms with Crippen LogP contribution in [0.3, 0.4) is 0 Å². The van der Waals surface area contributed by atoms with Gasteiger partial charge in [-0.2, -0.15) is 0 Å². The van der Waals surface area contributed by atoms with Gasteiger partial charge in [0.1, 0.15) is 30.2 Å². The number of hydrogen-bond donors (Lipinski definition) is 11. The number of amides is 6. The van der Waals surface area contributed by atoms with Crippen LogP contribution in [0.15, 0.2) is 78.3 Å². The highest BCUT2D eigenvalue weighted by molar-refractivity contribution is 5.97. The van der Waals surface area contributed by atoms with E-state index in [0.29, 0.717) is 11.3 Å². The smallest absolute Gasteiger partial charge is 0.243 e. The third-order valence-corrected chi connectivity index (χ3v) is 9.68. The summed E-state index contributed by atoms with van der Waals surface area (Å²) in [7, 11) is 0. The monoisotopic (exact) mass is 827 g/mol. The third kappa shape index (κ3) is 14.3. The Hall–Kier alpha value is -6.76. The van der Waals surface area contributed by atoms with Crippen LogP contribution in [0.2, 0.25) is 0 Å². The van der Waals surface area contributed by atoms with Gasteiger partial charge in [-0.25, -0.2) is 4.98 Å². The molecule has 0 saturated carbocycles. The van der Waals surface area contributed by atoms with E-state index in [1.807, 2.05) is 44.2 Å². The Labute approximate surface area is 348 Å². The molecule has 0 bridgehead atoms. The van der Waals surface area contributed by atoms with Gasteiger partial charge < -0.3 is 59.5 Å². The normalized spacial score (nSPS) is 14.2. The lowest BCUT2D eigenvalue weighted by atomic mass is 10.0. The molecule has 60 heavy (non-hydrogen) atoms. The Kier molecular flexibility index (Phi) is 17.2. The number of carbonyl (C=O) groups is 6. The zero-order valence-electron chi connectivity index (χ0n) is 34.1. The number of nitrogens with one attached hydrogen (secondary N) is 7. The quantitative estimate of drug-likeness (QED) is 0.0253. The lowest BCUT2D eigenvalue weighted by Gasteiger charge is -2.27. The van der Waals surface area contributed by atoms with E-state index in [0.717, 1.165) is 16.5 Å². The highest BCUT2D eigenvalue weighted by atomic mass is 16.2. The summed E-state index contributed by atoms with van der Waals surface area (Å²) >= 11 is 0. The summed E-state index contributed by atoms with van der Waals surface area (Å²) < 4.78 is 0. The van der Waals surface area contributed by atoms with Gasteiger partial charge in [0.2, 0.25) is 35.4 Å². The maximum atomic E-state index is 14.2. The van der Waals surface area contributed by atoms with E-state index >= 15 is 0 Å². The average Bonchev–Trinajstić information content (AvgIpc) is 3.88. The van der Waals surface area contributed by atoms with Gasteiger partial charge >= 0.3 is 0 Å². The van der Waals surface area contributed by atoms with Crippen molar-refractivity contribution < 1.29 is 28.8 Å². The lowest BCUT2D eigenvalue weighted by molar-refractivity contribution is -0.135. The Morgan fingerprint density at radius 1 is 0.700 bits per heavy atom. The van der Waals surface area contributed by atoms with E-state index in [1.165, 1.54) is 19.4 Å². The summed E-state index contributed by atoms with van der Waals surface area (Å²) in [4.78, 5) is 94.9. The summed E-state index contributed by atoms with van der Waals surface area (Å²) in [5.74, 6) is -4.29. The van der Waals surface area contributed by atoms with E-state index in [9.17, 15) is 28.8 Å². The van der Waals surface area contributed by atoms with Gasteiger partial charge in [-0.05, 0) is 49.3 Å². The van der Waals surface area contributed by atoms with Crippen molar-refractivity contribution in [2.45, 2.75) is 95.5 Å². The molecule has 4 rings (SSSR count). The number of aromatic nitrogens is 3. The predicted molar refractivity (Wildman–Crippen MR) is 226 cm³/mol. The Bertz CT molecular complexity index is 2080. The Balaban J connectivity index is 1.51. The fourth-order valence-corrected chi connectivity index (χ4v) is 6.50. The number of aromatic amines is 2. The number of aliphatic imine (C=N–C) groups is 1. The third-order valence-electron chi connectivity index (χ3n) is 9.68. The standard InChI is InChI=1S/C41H57N13O6/c1-23(2)16-33(53-36(56)24(3)50-37(57)29(42)19-27-21-46-22-49-27)39(59)51-31(14-9-15-47-41(44)45)38(58)54-34(17-25-10-5-4-6-11-25)40(60)52-32(35(43)55)18-26-20-48-30-13-8-7-12-28(26)30/h4-8,10-13,20-24,29,31-34,48H,9,14-19,42H2,1-3H3,(H2,43,55)(H,46,49)(H,50,57)(H,51,59)(H,52,60)(H,53,56)(H,54,58)(H4,44,45,47)/t24-,29-,31-,32-,33-,34-/m0/s1. The zero-order chi connectivity index (χ0) is 43.8. The summed E-state index contributed by atoms with van der Waals surface area (Å²) in [6, 6.07) is 9.74. The highest BCUT2D eigenvalue weighted by Gasteiger charge is 2.32. The van der Waals surface area contributed by atoms with E-state index in [2.05, 4.69) is 46.5 Å². The molecule has 0 fully saturated rings. The number of imidazole rings is 1. The maximum Gasteiger partial charge on any atom is 0.243 e. The van der Waals surface area contributed by atoms with Crippen LogP contribution in [-0.4, -0.2) is 99.2 Å². The Morgan fingerprint density at radius 2 is 1.33 bits per heavy atom. The highest BCUT2D eigenvalue weighted by Crippen LogP contribution is 2.19. The number of nitrogens with zero attached hydrogens (tertiary/aromatic N) is 2. The first-order valence-corrected chi connectivity index (χ1v) is 19.8. The molecule has 0 spiro atoms. The number of benzene rings is 2. The van der Waals surface area contributed by atoms with E-state index in [4.69, 9.17) is 22.9 Å². The van der Waals surface area contributed by atoms with E-state index in [-0.39, 0.29) is 56.9 Å². The molecule has 4 aromatic rings. The summed E-state index contributed by atoms with van der Waals surface area (Å²) in [5, 5.41) is 14.4. The molecule has 0 aliphatic rings. The second-order valence-corrected chi connectivity index (χ2v) is 15.1. The van der Waals surface area contributed by atoms with Crippen LogP contribution in [0.5, 0.6) is 0 Å². The molecule has 322 valence electrons. The molecule has 2 aromatic carbocycles. The largest absolute Gasteiger partial charge is 0.370 e. The maximum absolute atomic E-state index is 14.2. The number of rotatable bonds is 23. The number of carbonyl (C=O) groups excluding carboxylic acids is 6. The van der Waals surface area contributed by atoms with Crippen LogP contribution < -0.4 is 49.5 Å². The molecule has 15 N–H and O–H groups in total.